The molecule has 2 nitrogen and oxygen atoms in total. The number of unbranched alkanes of at least 4 members (excludes halogenated alkanes) is 30. The Kier molecular flexibility index (Phi) is 37.0. The number of rotatable bonds is 38. The first kappa shape index (κ1) is 42.3. The van der Waals surface area contributed by atoms with Gasteiger partial charge in [-0.2, -0.15) is 0 Å². The lowest BCUT2D eigenvalue weighted by Gasteiger charge is -2.04. The third kappa shape index (κ3) is 37.4. The molecule has 0 saturated heterocycles. The average Bonchev–Trinajstić information content (AvgIpc) is 3.00. The molecule has 0 spiro atoms. The van der Waals surface area contributed by atoms with Gasteiger partial charge in [-0.15, -0.1) is 0 Å². The molecule has 0 radical (unpaired) electrons. The molecule has 0 aromatic rings. The third-order valence-electron chi connectivity index (χ3n) is 9.53. The molecule has 0 fully saturated rings. The molecule has 0 aromatic heterocycles. The van der Waals surface area contributed by atoms with Crippen molar-refractivity contribution in [2.75, 3.05) is 0 Å². The maximum Gasteiger partial charge on any atom is 0.132 e. The lowest BCUT2D eigenvalue weighted by Crippen LogP contribution is -2.00. The summed E-state index contributed by atoms with van der Waals surface area (Å²) in [5.74, 6) is 0.885. The summed E-state index contributed by atoms with van der Waals surface area (Å²) in [5.41, 5.74) is 0. The first-order chi connectivity index (χ1) is 21.2. The van der Waals surface area contributed by atoms with Gasteiger partial charge in [0, 0.05) is 25.7 Å². The van der Waals surface area contributed by atoms with Crippen LogP contribution in [0.5, 0.6) is 0 Å². The van der Waals surface area contributed by atoms with Crippen molar-refractivity contribution < 1.29 is 9.59 Å². The Morgan fingerprint density at radius 2 is 0.372 bits per heavy atom. The van der Waals surface area contributed by atoms with Crippen molar-refractivity contribution in [2.45, 2.75) is 251 Å². The summed E-state index contributed by atoms with van der Waals surface area (Å²) in [4.78, 5) is 24.3. The minimum Gasteiger partial charge on any atom is -0.300 e. The molecule has 0 unspecified atom stereocenters. The van der Waals surface area contributed by atoms with Crippen LogP contribution in [-0.2, 0) is 9.59 Å². The van der Waals surface area contributed by atoms with Crippen molar-refractivity contribution in [2.24, 2.45) is 0 Å². The molecule has 0 N–H and O–H groups in total. The number of Topliss-reactive ketones (excluding diaryl/α,β-unsaturated/α-hetero) is 2. The standard InChI is InChI=1S/C41H80O2/c1-3-5-7-9-11-13-15-16-17-18-19-20-21-22-24-26-28-30-33-37-41(43)39-35-31-34-38-40(42)36-32-29-27-25-23-14-12-10-8-6-4-2/h3-39H2,1-2H3. The molecule has 0 aromatic carbocycles. The second kappa shape index (κ2) is 37.5. The maximum absolute atomic E-state index is 12.2. The number of carbonyl (C=O) groups is 2. The van der Waals surface area contributed by atoms with Crippen LogP contribution in [0.15, 0.2) is 0 Å². The zero-order valence-corrected chi connectivity index (χ0v) is 30.0. The molecule has 0 amide bonds. The summed E-state index contributed by atoms with van der Waals surface area (Å²) in [5, 5.41) is 0. The summed E-state index contributed by atoms with van der Waals surface area (Å²) in [6.07, 6.45) is 47.1. The average molecular weight is 605 g/mol. The van der Waals surface area contributed by atoms with Gasteiger partial charge in [0.2, 0.25) is 0 Å². The van der Waals surface area contributed by atoms with Gasteiger partial charge >= 0.3 is 0 Å². The molecule has 0 aliphatic carbocycles. The normalized spacial score (nSPS) is 11.4. The van der Waals surface area contributed by atoms with Gasteiger partial charge in [0.25, 0.3) is 0 Å². The molecule has 0 aliphatic rings. The number of hydrogen-bond acceptors (Lipinski definition) is 2. The summed E-state index contributed by atoms with van der Waals surface area (Å²) < 4.78 is 0. The minimum absolute atomic E-state index is 0.441. The molecule has 0 atom stereocenters. The monoisotopic (exact) mass is 605 g/mol. The van der Waals surface area contributed by atoms with E-state index in [2.05, 4.69) is 13.8 Å². The zero-order valence-electron chi connectivity index (χ0n) is 30.0. The summed E-state index contributed by atoms with van der Waals surface area (Å²) in [7, 11) is 0. The molecule has 256 valence electrons. The van der Waals surface area contributed by atoms with Gasteiger partial charge in [0.15, 0.2) is 0 Å². The Morgan fingerprint density at radius 3 is 0.558 bits per heavy atom. The molecule has 2 heteroatoms. The predicted octanol–water partition coefficient (Wildman–Crippen LogP) is 14.6. The Balaban J connectivity index is 3.24. The first-order valence-corrected chi connectivity index (χ1v) is 20.2. The van der Waals surface area contributed by atoms with Crippen LogP contribution < -0.4 is 0 Å². The smallest absolute Gasteiger partial charge is 0.132 e. The van der Waals surface area contributed by atoms with Gasteiger partial charge in [0.1, 0.15) is 11.6 Å². The van der Waals surface area contributed by atoms with E-state index in [0.717, 1.165) is 57.8 Å². The second-order valence-corrected chi connectivity index (χ2v) is 14.0. The van der Waals surface area contributed by atoms with Gasteiger partial charge in [-0.05, 0) is 25.7 Å². The second-order valence-electron chi connectivity index (χ2n) is 14.0. The third-order valence-corrected chi connectivity index (χ3v) is 9.53. The van der Waals surface area contributed by atoms with Crippen LogP contribution in [0.4, 0.5) is 0 Å². The number of hydrogen-bond donors (Lipinski definition) is 0. The van der Waals surface area contributed by atoms with E-state index in [1.54, 1.807) is 0 Å². The maximum atomic E-state index is 12.2. The molecule has 0 saturated carbocycles. The van der Waals surface area contributed by atoms with E-state index in [4.69, 9.17) is 0 Å². The zero-order chi connectivity index (χ0) is 31.3. The van der Waals surface area contributed by atoms with Crippen LogP contribution in [0.25, 0.3) is 0 Å². The van der Waals surface area contributed by atoms with Crippen molar-refractivity contribution in [1.82, 2.24) is 0 Å². The van der Waals surface area contributed by atoms with Gasteiger partial charge in [-0.25, -0.2) is 0 Å². The Hall–Kier alpha value is -0.660. The van der Waals surface area contributed by atoms with Crippen molar-refractivity contribution >= 4 is 11.6 Å². The SMILES string of the molecule is CCCCCCCCCCCCCCCCCCCCCC(=O)CCCCCC(=O)CCCCCCCCCCCCC. The molecule has 0 aliphatic heterocycles. The summed E-state index contributed by atoms with van der Waals surface area (Å²) in [6, 6.07) is 0. The molecular weight excluding hydrogens is 524 g/mol. The Bertz CT molecular complexity index is 554. The van der Waals surface area contributed by atoms with Crippen molar-refractivity contribution in [3.8, 4) is 0 Å². The summed E-state index contributed by atoms with van der Waals surface area (Å²) >= 11 is 0. The van der Waals surface area contributed by atoms with Crippen LogP contribution in [0, 0.1) is 0 Å². The topological polar surface area (TPSA) is 34.1 Å². The number of carbonyl (C=O) groups excluding carboxylic acids is 2. The van der Waals surface area contributed by atoms with Gasteiger partial charge in [0.05, 0.1) is 0 Å². The van der Waals surface area contributed by atoms with Crippen LogP contribution in [0.2, 0.25) is 0 Å². The first-order valence-electron chi connectivity index (χ1n) is 20.2. The fourth-order valence-electron chi connectivity index (χ4n) is 6.46. The lowest BCUT2D eigenvalue weighted by molar-refractivity contribution is -0.119. The van der Waals surface area contributed by atoms with Crippen molar-refractivity contribution in [1.29, 1.82) is 0 Å². The fourth-order valence-corrected chi connectivity index (χ4v) is 6.46. The van der Waals surface area contributed by atoms with Gasteiger partial charge in [-0.1, -0.05) is 200 Å². The van der Waals surface area contributed by atoms with Gasteiger partial charge in [-0.3, -0.25) is 9.59 Å². The molecule has 0 bridgehead atoms. The molecule has 43 heavy (non-hydrogen) atoms. The van der Waals surface area contributed by atoms with E-state index in [0.29, 0.717) is 11.6 Å². The Morgan fingerprint density at radius 1 is 0.233 bits per heavy atom. The highest BCUT2D eigenvalue weighted by atomic mass is 16.1. The largest absolute Gasteiger partial charge is 0.300 e. The van der Waals surface area contributed by atoms with E-state index in [1.807, 2.05) is 0 Å². The Labute approximate surface area is 272 Å². The van der Waals surface area contributed by atoms with Crippen LogP contribution in [-0.4, -0.2) is 11.6 Å². The lowest BCUT2D eigenvalue weighted by atomic mass is 10.0. The highest BCUT2D eigenvalue weighted by Gasteiger charge is 2.05. The number of ketones is 2. The minimum atomic E-state index is 0.441. The van der Waals surface area contributed by atoms with Crippen molar-refractivity contribution in [3.05, 3.63) is 0 Å². The van der Waals surface area contributed by atoms with E-state index in [1.165, 1.54) is 180 Å². The summed E-state index contributed by atoms with van der Waals surface area (Å²) in [6.45, 7) is 4.57. The van der Waals surface area contributed by atoms with E-state index >= 15 is 0 Å². The highest BCUT2D eigenvalue weighted by Crippen LogP contribution is 2.16. The van der Waals surface area contributed by atoms with E-state index in [9.17, 15) is 9.59 Å². The highest BCUT2D eigenvalue weighted by molar-refractivity contribution is 5.78. The van der Waals surface area contributed by atoms with Crippen LogP contribution >= 0.6 is 0 Å². The van der Waals surface area contributed by atoms with Crippen LogP contribution in [0.1, 0.15) is 251 Å². The molecular formula is C41H80O2. The molecule has 0 heterocycles. The predicted molar refractivity (Wildman–Crippen MR) is 192 cm³/mol. The van der Waals surface area contributed by atoms with Gasteiger partial charge < -0.3 is 0 Å². The van der Waals surface area contributed by atoms with Crippen LogP contribution in [0.3, 0.4) is 0 Å². The molecule has 0 rings (SSSR count). The van der Waals surface area contributed by atoms with E-state index < -0.39 is 0 Å². The van der Waals surface area contributed by atoms with Crippen molar-refractivity contribution in [3.63, 3.8) is 0 Å². The quantitative estimate of drug-likeness (QED) is 0.0657. The van der Waals surface area contributed by atoms with E-state index in [-0.39, 0.29) is 0 Å². The fraction of sp³-hybridized carbons (Fsp3) is 0.951.